The van der Waals surface area contributed by atoms with Crippen LogP contribution in [-0.2, 0) is 26.6 Å². The lowest BCUT2D eigenvalue weighted by Crippen LogP contribution is -2.31. The van der Waals surface area contributed by atoms with Gasteiger partial charge in [-0.1, -0.05) is 25.5 Å². The largest absolute Gasteiger partial charge is 0.481 e. The number of allylic oxidation sites excluding steroid dienone is 6. The number of rotatable bonds is 9. The summed E-state index contributed by atoms with van der Waals surface area (Å²) in [5, 5.41) is 39.2. The molecule has 11 heteroatoms. The van der Waals surface area contributed by atoms with E-state index in [9.17, 15) is 43.5 Å². The Morgan fingerprint density at radius 2 is 1.63 bits per heavy atom. The van der Waals surface area contributed by atoms with Crippen molar-refractivity contribution in [2.45, 2.75) is 64.5 Å². The molecule has 0 fully saturated rings. The van der Waals surface area contributed by atoms with Crippen LogP contribution in [-0.4, -0.2) is 45.5 Å². The van der Waals surface area contributed by atoms with Crippen LogP contribution >= 0.6 is 0 Å². The van der Waals surface area contributed by atoms with Gasteiger partial charge < -0.3 is 15.1 Å². The maximum Gasteiger partial charge on any atom is 0.416 e. The van der Waals surface area contributed by atoms with Crippen molar-refractivity contribution >= 4 is 29.0 Å². The Morgan fingerprint density at radius 3 is 2.22 bits per heavy atom. The average Bonchev–Trinajstić information content (AvgIpc) is 3.32. The molecule has 0 radical (unpaired) electrons. The maximum absolute atomic E-state index is 13.6. The van der Waals surface area contributed by atoms with Crippen molar-refractivity contribution < 1.29 is 37.5 Å². The number of anilines is 1. The standard InChI is InChI=1S/C35H33F3N4O4/c1-21-6-9-28-25(16-21)34(4,5)32(42(28)15-13-31(45)46)23(20-40)17-22(19-39)7-11-29-33(2,3)26-18-24(35(36,37)38)8-10-27(26)41(29)14-12-30(43)44/h6-11,16-18H,12-15H2,1-5H3,(H-,43,44,45,46)/p+1. The number of nitriles is 2. The van der Waals surface area contributed by atoms with E-state index < -0.39 is 34.5 Å². The molecule has 0 saturated carbocycles. The van der Waals surface area contributed by atoms with E-state index >= 15 is 0 Å². The Labute approximate surface area is 265 Å². The summed E-state index contributed by atoms with van der Waals surface area (Å²) in [6, 6.07) is 13.4. The number of carbonyl (C=O) groups is 2. The van der Waals surface area contributed by atoms with Crippen molar-refractivity contribution in [3.05, 3.63) is 93.7 Å². The number of hydrogen-bond acceptors (Lipinski definition) is 5. The fourth-order valence-electron chi connectivity index (χ4n) is 6.29. The van der Waals surface area contributed by atoms with Gasteiger partial charge in [-0.3, -0.25) is 9.59 Å². The van der Waals surface area contributed by atoms with Crippen LogP contribution in [0.2, 0.25) is 0 Å². The quantitative estimate of drug-likeness (QED) is 0.175. The third-order valence-electron chi connectivity index (χ3n) is 8.52. The molecule has 2 aliphatic heterocycles. The molecule has 2 aromatic carbocycles. The highest BCUT2D eigenvalue weighted by molar-refractivity contribution is 6.10. The van der Waals surface area contributed by atoms with Gasteiger partial charge in [0.25, 0.3) is 0 Å². The van der Waals surface area contributed by atoms with Crippen LogP contribution in [0, 0.1) is 29.6 Å². The smallest absolute Gasteiger partial charge is 0.416 e. The monoisotopic (exact) mass is 631 g/mol. The molecule has 2 heterocycles. The molecule has 0 spiro atoms. The Morgan fingerprint density at radius 1 is 0.957 bits per heavy atom. The number of fused-ring (bicyclic) bond motifs is 2. The second-order valence-corrected chi connectivity index (χ2v) is 12.4. The van der Waals surface area contributed by atoms with Gasteiger partial charge in [0.15, 0.2) is 6.54 Å². The molecule has 0 bridgehead atoms. The number of halogens is 3. The first kappa shape index (κ1) is 33.7. The predicted octanol–water partition coefficient (Wildman–Crippen LogP) is 6.92. The molecule has 46 heavy (non-hydrogen) atoms. The fraction of sp³-hybridized carbons (Fsp3) is 0.343. The van der Waals surface area contributed by atoms with Crippen LogP contribution in [0.1, 0.15) is 62.8 Å². The molecule has 4 rings (SSSR count). The fourth-order valence-corrected chi connectivity index (χ4v) is 6.29. The van der Waals surface area contributed by atoms with E-state index in [0.29, 0.717) is 22.7 Å². The van der Waals surface area contributed by atoms with Crippen molar-refractivity contribution in [2.75, 3.05) is 18.0 Å². The lowest BCUT2D eigenvalue weighted by molar-refractivity contribution is -0.437. The van der Waals surface area contributed by atoms with Crippen molar-refractivity contribution in [1.82, 2.24) is 0 Å². The SMILES string of the molecule is Cc1ccc2c(c1)C(C)(C)C(/C(C#N)=C/C(C#N)=C/C=C1/N(CCC(=O)O)c3ccc(C(F)(F)F)cc3C1(C)C)=[N+]2CCC(=O)O. The van der Waals surface area contributed by atoms with Crippen LogP contribution < -0.4 is 4.90 Å². The first-order valence-corrected chi connectivity index (χ1v) is 14.6. The average molecular weight is 632 g/mol. The Hall–Kier alpha value is -5.16. The zero-order valence-corrected chi connectivity index (χ0v) is 26.2. The lowest BCUT2D eigenvalue weighted by atomic mass is 9.78. The van der Waals surface area contributed by atoms with Gasteiger partial charge in [-0.05, 0) is 68.8 Å². The van der Waals surface area contributed by atoms with Gasteiger partial charge in [-0.15, -0.1) is 0 Å². The van der Waals surface area contributed by atoms with Gasteiger partial charge in [0, 0.05) is 35.0 Å². The molecule has 0 atom stereocenters. The molecule has 0 amide bonds. The van der Waals surface area contributed by atoms with Gasteiger partial charge >= 0.3 is 18.1 Å². The maximum atomic E-state index is 13.6. The topological polar surface area (TPSA) is 128 Å². The first-order valence-electron chi connectivity index (χ1n) is 14.6. The van der Waals surface area contributed by atoms with Gasteiger partial charge in [0.05, 0.1) is 29.0 Å². The van der Waals surface area contributed by atoms with Crippen LogP contribution in [0.15, 0.2) is 71.5 Å². The molecule has 8 nitrogen and oxygen atoms in total. The second-order valence-electron chi connectivity index (χ2n) is 12.4. The number of alkyl halides is 3. The molecule has 2 aromatic rings. The highest BCUT2D eigenvalue weighted by Gasteiger charge is 2.48. The lowest BCUT2D eigenvalue weighted by Gasteiger charge is -2.26. The highest BCUT2D eigenvalue weighted by Crippen LogP contribution is 2.49. The summed E-state index contributed by atoms with van der Waals surface area (Å²) in [5.74, 6) is -2.08. The van der Waals surface area contributed by atoms with Gasteiger partial charge in [-0.2, -0.15) is 28.3 Å². The first-order chi connectivity index (χ1) is 21.4. The van der Waals surface area contributed by atoms with E-state index in [-0.39, 0.29) is 37.1 Å². The molecular weight excluding hydrogens is 597 g/mol. The summed E-state index contributed by atoms with van der Waals surface area (Å²) < 4.78 is 42.6. The van der Waals surface area contributed by atoms with Crippen molar-refractivity contribution in [2.24, 2.45) is 0 Å². The minimum Gasteiger partial charge on any atom is -0.481 e. The molecule has 0 aliphatic carbocycles. The third kappa shape index (κ3) is 6.32. The minimum atomic E-state index is -4.57. The van der Waals surface area contributed by atoms with Crippen LogP contribution in [0.25, 0.3) is 0 Å². The van der Waals surface area contributed by atoms with E-state index in [1.54, 1.807) is 29.4 Å². The summed E-state index contributed by atoms with van der Waals surface area (Å²) in [4.78, 5) is 24.6. The Kier molecular flexibility index (Phi) is 9.03. The summed E-state index contributed by atoms with van der Waals surface area (Å²) in [5.41, 5.74) is 2.22. The third-order valence-corrected chi connectivity index (χ3v) is 8.52. The number of aliphatic carboxylic acids is 2. The summed E-state index contributed by atoms with van der Waals surface area (Å²) in [6.45, 7) is 9.34. The Balaban J connectivity index is 1.85. The molecule has 0 unspecified atom stereocenters. The Bertz CT molecular complexity index is 1830. The predicted molar refractivity (Wildman–Crippen MR) is 166 cm³/mol. The molecular formula is C35H34F3N4O4+. The second kappa shape index (κ2) is 12.3. The van der Waals surface area contributed by atoms with Crippen molar-refractivity contribution in [3.63, 3.8) is 0 Å². The number of carboxylic acid groups (broad SMARTS) is 2. The van der Waals surface area contributed by atoms with E-state index in [2.05, 4.69) is 12.1 Å². The van der Waals surface area contributed by atoms with Crippen molar-refractivity contribution in [3.8, 4) is 12.1 Å². The van der Waals surface area contributed by atoms with E-state index in [1.165, 1.54) is 18.2 Å². The van der Waals surface area contributed by atoms with E-state index in [0.717, 1.165) is 28.9 Å². The number of hydrogen-bond donors (Lipinski definition) is 2. The van der Waals surface area contributed by atoms with Gasteiger partial charge in [-0.25, -0.2) is 0 Å². The highest BCUT2D eigenvalue weighted by atomic mass is 19.4. The molecule has 2 aliphatic rings. The minimum absolute atomic E-state index is 0.0136. The van der Waals surface area contributed by atoms with Gasteiger partial charge in [0.1, 0.15) is 18.1 Å². The zero-order chi connectivity index (χ0) is 34.2. The molecule has 238 valence electrons. The number of aryl methyl sites for hydroxylation is 1. The summed E-state index contributed by atoms with van der Waals surface area (Å²) >= 11 is 0. The van der Waals surface area contributed by atoms with Gasteiger partial charge in [0.2, 0.25) is 11.4 Å². The molecule has 0 saturated heterocycles. The van der Waals surface area contributed by atoms with Crippen molar-refractivity contribution in [1.29, 1.82) is 10.5 Å². The summed E-state index contributed by atoms with van der Waals surface area (Å²) in [6.07, 6.45) is -0.585. The van der Waals surface area contributed by atoms with Crippen LogP contribution in [0.3, 0.4) is 0 Å². The number of benzene rings is 2. The van der Waals surface area contributed by atoms with Crippen LogP contribution in [0.4, 0.5) is 24.5 Å². The normalized spacial score (nSPS) is 17.9. The van der Waals surface area contributed by atoms with Crippen LogP contribution in [0.5, 0.6) is 0 Å². The number of nitrogens with zero attached hydrogens (tertiary/aromatic N) is 4. The number of carboxylic acids is 2. The van der Waals surface area contributed by atoms with E-state index in [4.69, 9.17) is 0 Å². The molecule has 0 aromatic heterocycles. The summed E-state index contributed by atoms with van der Waals surface area (Å²) in [7, 11) is 0. The molecule has 2 N–H and O–H groups in total. The zero-order valence-electron chi connectivity index (χ0n) is 26.2. The van der Waals surface area contributed by atoms with E-state index in [1.807, 2.05) is 39.0 Å².